The zero-order chi connectivity index (χ0) is 17.5. The number of carbonyl (C=O) groups excluding carboxylic acids is 2. The van der Waals surface area contributed by atoms with Gasteiger partial charge in [-0.1, -0.05) is 12.1 Å². The molecule has 0 atom stereocenters. The molecule has 0 fully saturated rings. The molecule has 0 radical (unpaired) electrons. The van der Waals surface area contributed by atoms with E-state index in [1.807, 2.05) is 0 Å². The number of amides is 2. The van der Waals surface area contributed by atoms with Crippen LogP contribution in [0.25, 0.3) is 0 Å². The number of anilines is 1. The van der Waals surface area contributed by atoms with E-state index in [9.17, 15) is 18.4 Å². The lowest BCUT2D eigenvalue weighted by Crippen LogP contribution is -2.16. The van der Waals surface area contributed by atoms with Crippen LogP contribution in [0.15, 0.2) is 52.3 Å². The van der Waals surface area contributed by atoms with Crippen molar-refractivity contribution in [2.45, 2.75) is 9.79 Å². The molecule has 0 aromatic heterocycles. The van der Waals surface area contributed by atoms with Crippen molar-refractivity contribution in [3.63, 3.8) is 0 Å². The molecule has 0 aliphatic rings. The van der Waals surface area contributed by atoms with Crippen LogP contribution in [0.1, 0.15) is 0 Å². The Morgan fingerprint density at radius 1 is 1.00 bits per heavy atom. The summed E-state index contributed by atoms with van der Waals surface area (Å²) in [6, 6.07) is 10.0. The molecule has 0 saturated carbocycles. The van der Waals surface area contributed by atoms with Crippen LogP contribution < -0.4 is 11.1 Å². The van der Waals surface area contributed by atoms with Crippen LogP contribution in [-0.2, 0) is 9.59 Å². The maximum atomic E-state index is 13.5. The van der Waals surface area contributed by atoms with Crippen molar-refractivity contribution in [3.8, 4) is 0 Å². The first-order valence-corrected chi connectivity index (χ1v) is 8.80. The molecule has 126 valence electrons. The summed E-state index contributed by atoms with van der Waals surface area (Å²) >= 11 is 2.12. The summed E-state index contributed by atoms with van der Waals surface area (Å²) in [5, 5.41) is 2.69. The smallest absolute Gasteiger partial charge is 0.234 e. The second-order valence-corrected chi connectivity index (χ2v) is 6.70. The quantitative estimate of drug-likeness (QED) is 0.736. The lowest BCUT2D eigenvalue weighted by Gasteiger charge is -2.10. The lowest BCUT2D eigenvalue weighted by atomic mass is 10.3. The zero-order valence-corrected chi connectivity index (χ0v) is 14.1. The van der Waals surface area contributed by atoms with Gasteiger partial charge in [0.05, 0.1) is 17.2 Å². The standard InChI is InChI=1S/C16H14F2N2O2S2/c17-10-5-6-11(18)14(7-10)24-9-16(22)20-12-3-1-2-4-13(12)23-8-15(19)21/h1-7H,8-9H2,(H2,19,21)(H,20,22). The van der Waals surface area contributed by atoms with Gasteiger partial charge in [-0.3, -0.25) is 9.59 Å². The van der Waals surface area contributed by atoms with Gasteiger partial charge in [0.2, 0.25) is 11.8 Å². The number of hydrogen-bond acceptors (Lipinski definition) is 4. The average molecular weight is 368 g/mol. The van der Waals surface area contributed by atoms with Gasteiger partial charge in [0.1, 0.15) is 11.6 Å². The molecule has 0 heterocycles. The number of primary amides is 1. The molecule has 0 unspecified atom stereocenters. The van der Waals surface area contributed by atoms with Gasteiger partial charge in [-0.2, -0.15) is 0 Å². The molecule has 0 bridgehead atoms. The Kier molecular flexibility index (Phi) is 6.62. The second-order valence-electron chi connectivity index (χ2n) is 4.66. The summed E-state index contributed by atoms with van der Waals surface area (Å²) in [6.45, 7) is 0. The summed E-state index contributed by atoms with van der Waals surface area (Å²) in [5.74, 6) is -1.95. The largest absolute Gasteiger partial charge is 0.369 e. The van der Waals surface area contributed by atoms with Crippen LogP contribution >= 0.6 is 23.5 Å². The number of hydrogen-bond donors (Lipinski definition) is 2. The minimum absolute atomic E-state index is 0.0709. The molecule has 3 N–H and O–H groups in total. The normalized spacial score (nSPS) is 10.4. The Morgan fingerprint density at radius 3 is 2.46 bits per heavy atom. The van der Waals surface area contributed by atoms with Gasteiger partial charge < -0.3 is 11.1 Å². The number of rotatable bonds is 7. The predicted molar refractivity (Wildman–Crippen MR) is 92.1 cm³/mol. The number of para-hydroxylation sites is 1. The molecule has 24 heavy (non-hydrogen) atoms. The zero-order valence-electron chi connectivity index (χ0n) is 12.4. The molecular formula is C16H14F2N2O2S2. The van der Waals surface area contributed by atoms with Gasteiger partial charge >= 0.3 is 0 Å². The van der Waals surface area contributed by atoms with Crippen molar-refractivity contribution in [2.24, 2.45) is 5.73 Å². The molecule has 0 aliphatic carbocycles. The van der Waals surface area contributed by atoms with Gasteiger partial charge in [-0.15, -0.1) is 23.5 Å². The first kappa shape index (κ1) is 18.3. The van der Waals surface area contributed by atoms with E-state index in [-0.39, 0.29) is 22.3 Å². The van der Waals surface area contributed by atoms with Crippen molar-refractivity contribution in [3.05, 3.63) is 54.1 Å². The number of carbonyl (C=O) groups is 2. The van der Waals surface area contributed by atoms with Crippen LogP contribution in [0.3, 0.4) is 0 Å². The van der Waals surface area contributed by atoms with Crippen molar-refractivity contribution >= 4 is 41.0 Å². The Balaban J connectivity index is 1.97. The second kappa shape index (κ2) is 8.70. The fourth-order valence-corrected chi connectivity index (χ4v) is 3.27. The minimum Gasteiger partial charge on any atom is -0.369 e. The van der Waals surface area contributed by atoms with Crippen LogP contribution in [0.5, 0.6) is 0 Å². The van der Waals surface area contributed by atoms with Crippen LogP contribution in [0, 0.1) is 11.6 Å². The summed E-state index contributed by atoms with van der Waals surface area (Å²) in [4.78, 5) is 23.7. The molecule has 2 rings (SSSR count). The number of halogens is 2. The monoisotopic (exact) mass is 368 g/mol. The molecule has 0 spiro atoms. The highest BCUT2D eigenvalue weighted by Gasteiger charge is 2.11. The fraction of sp³-hybridized carbons (Fsp3) is 0.125. The van der Waals surface area contributed by atoms with Gasteiger partial charge in [0.25, 0.3) is 0 Å². The van der Waals surface area contributed by atoms with E-state index >= 15 is 0 Å². The minimum atomic E-state index is -0.577. The van der Waals surface area contributed by atoms with Crippen LogP contribution in [0.4, 0.5) is 14.5 Å². The van der Waals surface area contributed by atoms with Gasteiger partial charge in [0, 0.05) is 9.79 Å². The topological polar surface area (TPSA) is 72.2 Å². The summed E-state index contributed by atoms with van der Waals surface area (Å²) in [5.41, 5.74) is 5.65. The first-order valence-electron chi connectivity index (χ1n) is 6.83. The highest BCUT2D eigenvalue weighted by molar-refractivity contribution is 8.00. The highest BCUT2D eigenvalue weighted by atomic mass is 32.2. The van der Waals surface area contributed by atoms with E-state index in [1.54, 1.807) is 24.3 Å². The predicted octanol–water partition coefficient (Wildman–Crippen LogP) is 3.27. The SMILES string of the molecule is NC(=O)CSc1ccccc1NC(=O)CSc1cc(F)ccc1F. The van der Waals surface area contributed by atoms with E-state index in [4.69, 9.17) is 5.73 Å². The first-order chi connectivity index (χ1) is 11.5. The van der Waals surface area contributed by atoms with E-state index in [0.29, 0.717) is 10.6 Å². The number of nitrogens with one attached hydrogen (secondary N) is 1. The molecule has 4 nitrogen and oxygen atoms in total. The molecular weight excluding hydrogens is 354 g/mol. The third-order valence-corrected chi connectivity index (χ3v) is 4.91. The summed E-state index contributed by atoms with van der Waals surface area (Å²) < 4.78 is 26.6. The molecule has 2 amide bonds. The van der Waals surface area contributed by atoms with E-state index in [2.05, 4.69) is 5.32 Å². The lowest BCUT2D eigenvalue weighted by molar-refractivity contribution is -0.115. The highest BCUT2D eigenvalue weighted by Crippen LogP contribution is 2.27. The van der Waals surface area contributed by atoms with Crippen LogP contribution in [0.2, 0.25) is 0 Å². The maximum Gasteiger partial charge on any atom is 0.234 e. The Morgan fingerprint density at radius 2 is 1.71 bits per heavy atom. The Hall–Kier alpha value is -2.06. The Bertz CT molecular complexity index is 757. The molecule has 8 heteroatoms. The van der Waals surface area contributed by atoms with Crippen molar-refractivity contribution in [1.82, 2.24) is 0 Å². The van der Waals surface area contributed by atoms with Gasteiger partial charge in [-0.05, 0) is 30.3 Å². The van der Waals surface area contributed by atoms with E-state index in [0.717, 1.165) is 30.0 Å². The maximum absolute atomic E-state index is 13.5. The van der Waals surface area contributed by atoms with Gasteiger partial charge in [-0.25, -0.2) is 8.78 Å². The average Bonchev–Trinajstić information content (AvgIpc) is 2.55. The third kappa shape index (κ3) is 5.54. The van der Waals surface area contributed by atoms with Crippen molar-refractivity contribution < 1.29 is 18.4 Å². The number of thioether (sulfide) groups is 2. The fourth-order valence-electron chi connectivity index (χ4n) is 1.76. The summed E-state index contributed by atoms with van der Waals surface area (Å²) in [6.07, 6.45) is 0. The molecule has 2 aromatic carbocycles. The number of nitrogens with two attached hydrogens (primary N) is 1. The van der Waals surface area contributed by atoms with E-state index < -0.39 is 17.5 Å². The molecule has 2 aromatic rings. The van der Waals surface area contributed by atoms with Gasteiger partial charge in [0.15, 0.2) is 0 Å². The van der Waals surface area contributed by atoms with Crippen LogP contribution in [-0.4, -0.2) is 23.3 Å². The summed E-state index contributed by atoms with van der Waals surface area (Å²) in [7, 11) is 0. The molecule has 0 aliphatic heterocycles. The molecule has 0 saturated heterocycles. The van der Waals surface area contributed by atoms with Crippen molar-refractivity contribution in [1.29, 1.82) is 0 Å². The third-order valence-electron chi connectivity index (χ3n) is 2.78. The van der Waals surface area contributed by atoms with E-state index in [1.165, 1.54) is 11.8 Å². The van der Waals surface area contributed by atoms with Crippen molar-refractivity contribution in [2.75, 3.05) is 16.8 Å². The number of benzene rings is 2. The Labute approximate surface area is 146 Å².